The first kappa shape index (κ1) is 9.92. The normalized spacial score (nSPS) is 15.9. The highest BCUT2D eigenvalue weighted by Crippen LogP contribution is 2.26. The Bertz CT molecular complexity index is 56.3. The molecule has 0 aromatic carbocycles. The van der Waals surface area contributed by atoms with E-state index in [2.05, 4.69) is 16.4 Å². The predicted molar refractivity (Wildman–Crippen MR) is 42.2 cm³/mol. The van der Waals surface area contributed by atoms with Gasteiger partial charge in [0.15, 0.2) is 0 Å². The number of rotatable bonds is 3. The van der Waals surface area contributed by atoms with Crippen LogP contribution in [-0.2, 0) is 9.47 Å². The third kappa shape index (κ3) is 10.8. The minimum atomic E-state index is 0.691. The van der Waals surface area contributed by atoms with E-state index in [1.54, 1.807) is 14.2 Å². The van der Waals surface area contributed by atoms with Crippen molar-refractivity contribution in [3.05, 3.63) is 0 Å². The summed E-state index contributed by atoms with van der Waals surface area (Å²) in [7, 11) is 3.30. The topological polar surface area (TPSA) is 18.5 Å². The molecule has 0 aliphatic heterocycles. The molecule has 0 saturated heterocycles. The van der Waals surface area contributed by atoms with Gasteiger partial charge in [0.25, 0.3) is 0 Å². The first-order valence-corrected chi connectivity index (χ1v) is 3.79. The second kappa shape index (κ2) is 7.03. The zero-order valence-corrected chi connectivity index (χ0v) is 7.22. The summed E-state index contributed by atoms with van der Waals surface area (Å²) in [6.45, 7) is 3.66. The van der Waals surface area contributed by atoms with Crippen LogP contribution in [0.25, 0.3) is 0 Å². The van der Waals surface area contributed by atoms with E-state index in [1.165, 1.54) is 12.8 Å². The summed E-state index contributed by atoms with van der Waals surface area (Å²) in [5.41, 5.74) is 0. The third-order valence-corrected chi connectivity index (χ3v) is 1.36. The molecule has 2 heteroatoms. The van der Waals surface area contributed by atoms with Crippen molar-refractivity contribution < 1.29 is 9.47 Å². The molecule has 0 unspecified atom stereocenters. The lowest BCUT2D eigenvalue weighted by Crippen LogP contribution is -1.96. The van der Waals surface area contributed by atoms with E-state index in [1.807, 2.05) is 0 Å². The van der Waals surface area contributed by atoms with Crippen molar-refractivity contribution in [2.24, 2.45) is 5.92 Å². The molecule has 1 saturated carbocycles. The molecule has 0 bridgehead atoms. The lowest BCUT2D eigenvalue weighted by molar-refractivity contribution is 0.103. The molecule has 1 aliphatic rings. The van der Waals surface area contributed by atoms with Crippen LogP contribution in [-0.4, -0.2) is 27.4 Å². The molecule has 0 spiro atoms. The average Bonchev–Trinajstić information content (AvgIpc) is 2.69. The van der Waals surface area contributed by atoms with Crippen molar-refractivity contribution in [3.63, 3.8) is 0 Å². The van der Waals surface area contributed by atoms with E-state index in [0.717, 1.165) is 5.92 Å². The highest BCUT2D eigenvalue weighted by Gasteiger charge is 2.12. The number of hydrogen-bond acceptors (Lipinski definition) is 2. The Morgan fingerprint density at radius 2 is 1.40 bits per heavy atom. The van der Waals surface area contributed by atoms with Crippen LogP contribution in [0.5, 0.6) is 0 Å². The molecule has 0 N–H and O–H groups in total. The average molecular weight is 146 g/mol. The summed E-state index contributed by atoms with van der Waals surface area (Å²) in [4.78, 5) is 0. The van der Waals surface area contributed by atoms with Crippen LogP contribution >= 0.6 is 0 Å². The molecular formula is C8H18O2. The standard InChI is InChI=1S/C4H10O2.C4H8/c1-5-3-4-6-2;1-4-2-3-4/h3-4H2,1-2H3;4H,2-3H2,1H3. The van der Waals surface area contributed by atoms with Crippen LogP contribution in [0.2, 0.25) is 0 Å². The quantitative estimate of drug-likeness (QED) is 0.564. The fourth-order valence-corrected chi connectivity index (χ4v) is 0.333. The molecule has 2 nitrogen and oxygen atoms in total. The zero-order valence-electron chi connectivity index (χ0n) is 7.22. The van der Waals surface area contributed by atoms with Crippen LogP contribution in [0.1, 0.15) is 19.8 Å². The molecule has 1 rings (SSSR count). The fourth-order valence-electron chi connectivity index (χ4n) is 0.333. The summed E-state index contributed by atoms with van der Waals surface area (Å²) < 4.78 is 9.31. The molecule has 0 atom stereocenters. The van der Waals surface area contributed by atoms with Gasteiger partial charge in [-0.05, 0) is 5.92 Å². The molecule has 0 heterocycles. The van der Waals surface area contributed by atoms with Gasteiger partial charge in [0.2, 0.25) is 0 Å². The van der Waals surface area contributed by atoms with E-state index in [-0.39, 0.29) is 0 Å². The van der Waals surface area contributed by atoms with Crippen LogP contribution < -0.4 is 0 Å². The van der Waals surface area contributed by atoms with Crippen molar-refractivity contribution in [2.45, 2.75) is 19.8 Å². The number of methoxy groups -OCH3 is 2. The molecule has 10 heavy (non-hydrogen) atoms. The van der Waals surface area contributed by atoms with Crippen molar-refractivity contribution in [3.8, 4) is 0 Å². The van der Waals surface area contributed by atoms with Gasteiger partial charge in [0.1, 0.15) is 0 Å². The summed E-state index contributed by atoms with van der Waals surface area (Å²) in [5, 5.41) is 0. The SMILES string of the molecule is CC1CC1.COCCOC. The Morgan fingerprint density at radius 3 is 1.50 bits per heavy atom. The van der Waals surface area contributed by atoms with Gasteiger partial charge in [-0.1, -0.05) is 19.8 Å². The van der Waals surface area contributed by atoms with E-state index in [0.29, 0.717) is 13.2 Å². The molecule has 0 aromatic rings. The van der Waals surface area contributed by atoms with Crippen molar-refractivity contribution >= 4 is 0 Å². The first-order chi connectivity index (χ1) is 4.81. The van der Waals surface area contributed by atoms with Gasteiger partial charge >= 0.3 is 0 Å². The Kier molecular flexibility index (Phi) is 6.98. The molecular weight excluding hydrogens is 128 g/mol. The molecule has 0 aromatic heterocycles. The van der Waals surface area contributed by atoms with Gasteiger partial charge in [0, 0.05) is 14.2 Å². The summed E-state index contributed by atoms with van der Waals surface area (Å²) in [6.07, 6.45) is 2.97. The zero-order chi connectivity index (χ0) is 7.82. The summed E-state index contributed by atoms with van der Waals surface area (Å²) >= 11 is 0. The van der Waals surface area contributed by atoms with E-state index in [4.69, 9.17) is 0 Å². The molecule has 1 fully saturated rings. The van der Waals surface area contributed by atoms with Gasteiger partial charge < -0.3 is 9.47 Å². The van der Waals surface area contributed by atoms with Gasteiger partial charge in [-0.25, -0.2) is 0 Å². The maximum absolute atomic E-state index is 4.66. The fraction of sp³-hybridized carbons (Fsp3) is 1.00. The molecule has 0 amide bonds. The second-order valence-corrected chi connectivity index (χ2v) is 2.67. The molecule has 1 aliphatic carbocycles. The highest BCUT2D eigenvalue weighted by atomic mass is 16.5. The third-order valence-electron chi connectivity index (χ3n) is 1.36. The summed E-state index contributed by atoms with van der Waals surface area (Å²) in [5.74, 6) is 1.08. The van der Waals surface area contributed by atoms with E-state index in [9.17, 15) is 0 Å². The van der Waals surface area contributed by atoms with Crippen LogP contribution in [0.4, 0.5) is 0 Å². The Balaban J connectivity index is 0.000000172. The van der Waals surface area contributed by atoms with Crippen LogP contribution in [0.3, 0.4) is 0 Å². The monoisotopic (exact) mass is 146 g/mol. The van der Waals surface area contributed by atoms with E-state index < -0.39 is 0 Å². The number of ether oxygens (including phenoxy) is 2. The van der Waals surface area contributed by atoms with Gasteiger partial charge in [0.05, 0.1) is 13.2 Å². The first-order valence-electron chi connectivity index (χ1n) is 3.79. The Labute approximate surface area is 63.5 Å². The lowest BCUT2D eigenvalue weighted by atomic mass is 10.5. The molecule has 62 valence electrons. The van der Waals surface area contributed by atoms with Gasteiger partial charge in [-0.15, -0.1) is 0 Å². The van der Waals surface area contributed by atoms with Gasteiger partial charge in [-0.2, -0.15) is 0 Å². The van der Waals surface area contributed by atoms with Crippen LogP contribution in [0, 0.1) is 5.92 Å². The summed E-state index contributed by atoms with van der Waals surface area (Å²) in [6, 6.07) is 0. The van der Waals surface area contributed by atoms with Crippen molar-refractivity contribution in [2.75, 3.05) is 27.4 Å². The maximum atomic E-state index is 4.66. The smallest absolute Gasteiger partial charge is 0.0696 e. The highest BCUT2D eigenvalue weighted by molar-refractivity contribution is 4.65. The van der Waals surface area contributed by atoms with Gasteiger partial charge in [-0.3, -0.25) is 0 Å². The van der Waals surface area contributed by atoms with Crippen molar-refractivity contribution in [1.82, 2.24) is 0 Å². The second-order valence-electron chi connectivity index (χ2n) is 2.67. The Hall–Kier alpha value is -0.0800. The minimum Gasteiger partial charge on any atom is -0.382 e. The van der Waals surface area contributed by atoms with E-state index >= 15 is 0 Å². The number of hydrogen-bond donors (Lipinski definition) is 0. The van der Waals surface area contributed by atoms with Crippen molar-refractivity contribution in [1.29, 1.82) is 0 Å². The lowest BCUT2D eigenvalue weighted by Gasteiger charge is -1.91. The maximum Gasteiger partial charge on any atom is 0.0696 e. The minimum absolute atomic E-state index is 0.691. The largest absolute Gasteiger partial charge is 0.382 e. The Morgan fingerprint density at radius 1 is 1.10 bits per heavy atom. The predicted octanol–water partition coefficient (Wildman–Crippen LogP) is 1.70. The molecule has 0 radical (unpaired) electrons. The van der Waals surface area contributed by atoms with Crippen LogP contribution in [0.15, 0.2) is 0 Å².